The number of non-ortho nitro benzene ring substituents is 1. The van der Waals surface area contributed by atoms with Crippen molar-refractivity contribution in [2.24, 2.45) is 0 Å². The lowest BCUT2D eigenvalue weighted by atomic mass is 10.3. The second-order valence-corrected chi connectivity index (χ2v) is 4.25. The SMILES string of the molecule is O=[N+]([O-])c1ccc(Cl)c(Oc2ncccc2CCl)c1. The summed E-state index contributed by atoms with van der Waals surface area (Å²) in [6, 6.07) is 7.42. The number of halogens is 2. The summed E-state index contributed by atoms with van der Waals surface area (Å²) in [5.74, 6) is 0.663. The molecular weight excluding hydrogens is 291 g/mol. The Labute approximate surface area is 118 Å². The quantitative estimate of drug-likeness (QED) is 0.482. The molecule has 1 aromatic carbocycles. The summed E-state index contributed by atoms with van der Waals surface area (Å²) in [6.45, 7) is 0. The number of nitrogens with zero attached hydrogens (tertiary/aromatic N) is 2. The molecule has 0 bridgehead atoms. The molecule has 2 aromatic rings. The third-order valence-electron chi connectivity index (χ3n) is 2.33. The zero-order valence-electron chi connectivity index (χ0n) is 9.55. The first-order chi connectivity index (χ1) is 9.11. The van der Waals surface area contributed by atoms with Crippen molar-refractivity contribution in [3.63, 3.8) is 0 Å². The van der Waals surface area contributed by atoms with Gasteiger partial charge in [0.15, 0.2) is 5.75 Å². The van der Waals surface area contributed by atoms with E-state index in [1.165, 1.54) is 24.4 Å². The minimum Gasteiger partial charge on any atom is -0.437 e. The van der Waals surface area contributed by atoms with Crippen molar-refractivity contribution >= 4 is 28.9 Å². The molecule has 0 radical (unpaired) electrons. The van der Waals surface area contributed by atoms with Crippen LogP contribution in [0.3, 0.4) is 0 Å². The van der Waals surface area contributed by atoms with Crippen LogP contribution in [0.25, 0.3) is 0 Å². The van der Waals surface area contributed by atoms with Gasteiger partial charge in [0.25, 0.3) is 5.69 Å². The van der Waals surface area contributed by atoms with Crippen molar-refractivity contribution in [3.05, 3.63) is 57.2 Å². The van der Waals surface area contributed by atoms with Crippen molar-refractivity contribution in [1.82, 2.24) is 4.98 Å². The molecule has 0 saturated carbocycles. The fourth-order valence-corrected chi connectivity index (χ4v) is 1.77. The number of rotatable bonds is 4. The molecule has 0 atom stereocenters. The van der Waals surface area contributed by atoms with Gasteiger partial charge < -0.3 is 4.74 Å². The van der Waals surface area contributed by atoms with E-state index in [1.54, 1.807) is 12.1 Å². The first-order valence-electron chi connectivity index (χ1n) is 5.23. The summed E-state index contributed by atoms with van der Waals surface area (Å²) < 4.78 is 5.49. The molecule has 98 valence electrons. The zero-order chi connectivity index (χ0) is 13.8. The van der Waals surface area contributed by atoms with Gasteiger partial charge in [-0.05, 0) is 12.1 Å². The normalized spacial score (nSPS) is 10.2. The van der Waals surface area contributed by atoms with E-state index in [-0.39, 0.29) is 28.2 Å². The van der Waals surface area contributed by atoms with E-state index >= 15 is 0 Å². The molecule has 0 amide bonds. The monoisotopic (exact) mass is 298 g/mol. The maximum absolute atomic E-state index is 10.7. The highest BCUT2D eigenvalue weighted by atomic mass is 35.5. The highest BCUT2D eigenvalue weighted by Gasteiger charge is 2.13. The fourth-order valence-electron chi connectivity index (χ4n) is 1.41. The summed E-state index contributed by atoms with van der Waals surface area (Å²) in [4.78, 5) is 14.2. The smallest absolute Gasteiger partial charge is 0.273 e. The van der Waals surface area contributed by atoms with E-state index in [9.17, 15) is 10.1 Å². The molecule has 0 unspecified atom stereocenters. The number of nitro groups is 1. The van der Waals surface area contributed by atoms with Crippen LogP contribution in [-0.4, -0.2) is 9.91 Å². The van der Waals surface area contributed by atoms with E-state index in [1.807, 2.05) is 0 Å². The summed E-state index contributed by atoms with van der Waals surface area (Å²) >= 11 is 11.7. The molecule has 0 aliphatic heterocycles. The van der Waals surface area contributed by atoms with Crippen molar-refractivity contribution in [2.75, 3.05) is 0 Å². The van der Waals surface area contributed by atoms with Crippen LogP contribution >= 0.6 is 23.2 Å². The van der Waals surface area contributed by atoms with Gasteiger partial charge in [0, 0.05) is 17.8 Å². The van der Waals surface area contributed by atoms with E-state index in [0.717, 1.165) is 0 Å². The number of pyridine rings is 1. The summed E-state index contributed by atoms with van der Waals surface area (Å²) in [6.07, 6.45) is 1.54. The van der Waals surface area contributed by atoms with E-state index in [0.29, 0.717) is 5.56 Å². The Bertz CT molecular complexity index is 620. The second-order valence-electron chi connectivity index (χ2n) is 3.58. The molecule has 0 saturated heterocycles. The number of nitro benzene ring substituents is 1. The Morgan fingerprint density at radius 1 is 1.37 bits per heavy atom. The van der Waals surface area contributed by atoms with Gasteiger partial charge in [-0.25, -0.2) is 4.98 Å². The molecule has 1 aromatic heterocycles. The van der Waals surface area contributed by atoms with Gasteiger partial charge in [-0.3, -0.25) is 10.1 Å². The van der Waals surface area contributed by atoms with Gasteiger partial charge in [-0.2, -0.15) is 0 Å². The van der Waals surface area contributed by atoms with Crippen LogP contribution in [0.2, 0.25) is 5.02 Å². The fraction of sp³-hybridized carbons (Fsp3) is 0.0833. The Kier molecular flexibility index (Phi) is 4.19. The van der Waals surface area contributed by atoms with Gasteiger partial charge in [0.05, 0.1) is 21.9 Å². The van der Waals surface area contributed by atoms with Crippen LogP contribution < -0.4 is 4.74 Å². The Morgan fingerprint density at radius 3 is 2.84 bits per heavy atom. The van der Waals surface area contributed by atoms with Gasteiger partial charge in [0.2, 0.25) is 5.88 Å². The maximum Gasteiger partial charge on any atom is 0.273 e. The molecule has 1 heterocycles. The molecule has 0 aliphatic carbocycles. The van der Waals surface area contributed by atoms with Crippen molar-refractivity contribution < 1.29 is 9.66 Å². The second kappa shape index (κ2) is 5.86. The molecule has 2 rings (SSSR count). The first-order valence-corrected chi connectivity index (χ1v) is 6.14. The standard InChI is InChI=1S/C12H8Cl2N2O3/c13-7-8-2-1-5-15-12(8)19-11-6-9(16(17)18)3-4-10(11)14/h1-6H,7H2. The molecular formula is C12H8Cl2N2O3. The predicted octanol–water partition coefficient (Wildman–Crippen LogP) is 4.17. The van der Waals surface area contributed by atoms with Gasteiger partial charge in [-0.1, -0.05) is 17.7 Å². The van der Waals surface area contributed by atoms with Gasteiger partial charge in [-0.15, -0.1) is 11.6 Å². The average molecular weight is 299 g/mol. The third kappa shape index (κ3) is 3.13. The van der Waals surface area contributed by atoms with E-state index < -0.39 is 4.92 Å². The zero-order valence-corrected chi connectivity index (χ0v) is 11.1. The highest BCUT2D eigenvalue weighted by Crippen LogP contribution is 2.33. The molecule has 5 nitrogen and oxygen atoms in total. The van der Waals surface area contributed by atoms with Gasteiger partial charge >= 0.3 is 0 Å². The molecule has 0 spiro atoms. The Balaban J connectivity index is 2.37. The summed E-state index contributed by atoms with van der Waals surface area (Å²) in [5, 5.41) is 11.0. The summed E-state index contributed by atoms with van der Waals surface area (Å²) in [7, 11) is 0. The number of alkyl halides is 1. The molecule has 0 aliphatic rings. The van der Waals surface area contributed by atoms with Crippen molar-refractivity contribution in [1.29, 1.82) is 0 Å². The number of ether oxygens (including phenoxy) is 1. The van der Waals surface area contributed by atoms with Crippen LogP contribution in [0.15, 0.2) is 36.5 Å². The lowest BCUT2D eigenvalue weighted by Crippen LogP contribution is -1.94. The Morgan fingerprint density at radius 2 is 2.16 bits per heavy atom. The van der Waals surface area contributed by atoms with Gasteiger partial charge in [0.1, 0.15) is 0 Å². The van der Waals surface area contributed by atoms with E-state index in [2.05, 4.69) is 4.98 Å². The predicted molar refractivity (Wildman–Crippen MR) is 72.0 cm³/mol. The van der Waals surface area contributed by atoms with Crippen molar-refractivity contribution in [3.8, 4) is 11.6 Å². The Hall–Kier alpha value is -1.85. The van der Waals surface area contributed by atoms with Crippen LogP contribution in [0.4, 0.5) is 5.69 Å². The molecule has 0 fully saturated rings. The van der Waals surface area contributed by atoms with E-state index in [4.69, 9.17) is 27.9 Å². The third-order valence-corrected chi connectivity index (χ3v) is 2.93. The van der Waals surface area contributed by atoms with Crippen molar-refractivity contribution in [2.45, 2.75) is 5.88 Å². The minimum absolute atomic E-state index is 0.109. The molecule has 19 heavy (non-hydrogen) atoms. The maximum atomic E-state index is 10.7. The van der Waals surface area contributed by atoms with Crippen LogP contribution in [0, 0.1) is 10.1 Å². The topological polar surface area (TPSA) is 65.3 Å². The largest absolute Gasteiger partial charge is 0.437 e. The number of benzene rings is 1. The molecule has 7 heteroatoms. The number of hydrogen-bond donors (Lipinski definition) is 0. The summed E-state index contributed by atoms with van der Waals surface area (Å²) in [5.41, 5.74) is 0.564. The van der Waals surface area contributed by atoms with Crippen LogP contribution in [-0.2, 0) is 5.88 Å². The van der Waals surface area contributed by atoms with Crippen LogP contribution in [0.5, 0.6) is 11.6 Å². The number of hydrogen-bond acceptors (Lipinski definition) is 4. The lowest BCUT2D eigenvalue weighted by molar-refractivity contribution is -0.384. The minimum atomic E-state index is -0.524. The molecule has 0 N–H and O–H groups in total. The lowest BCUT2D eigenvalue weighted by Gasteiger charge is -2.09. The number of aromatic nitrogens is 1. The highest BCUT2D eigenvalue weighted by molar-refractivity contribution is 6.32. The van der Waals surface area contributed by atoms with Crippen LogP contribution in [0.1, 0.15) is 5.56 Å². The first kappa shape index (κ1) is 13.6. The average Bonchev–Trinajstić information content (AvgIpc) is 2.41.